The fourth-order valence-electron chi connectivity index (χ4n) is 17.1. The van der Waals surface area contributed by atoms with Gasteiger partial charge in [0, 0.05) is 78.6 Å². The molecule has 11 rings (SSSR count). The number of imide groups is 1. The molecule has 0 aromatic heterocycles. The summed E-state index contributed by atoms with van der Waals surface area (Å²) in [5, 5.41) is 13.8. The molecular formula is C58H81N5O6. The van der Waals surface area contributed by atoms with Gasteiger partial charge in [0.1, 0.15) is 6.10 Å². The van der Waals surface area contributed by atoms with Gasteiger partial charge in [-0.05, 0) is 166 Å². The summed E-state index contributed by atoms with van der Waals surface area (Å²) in [6, 6.07) is 9.05. The topological polar surface area (TPSA) is 146 Å². The van der Waals surface area contributed by atoms with Gasteiger partial charge < -0.3 is 26.0 Å². The Kier molecular flexibility index (Phi) is 13.5. The molecule has 0 spiro atoms. The van der Waals surface area contributed by atoms with Crippen molar-refractivity contribution in [2.45, 2.75) is 168 Å². The minimum Gasteiger partial charge on any atom is -0.446 e. The molecule has 11 nitrogen and oxygen atoms in total. The number of carbonyl (C=O) groups is 5. The molecule has 8 aliphatic carbocycles. The van der Waals surface area contributed by atoms with Crippen LogP contribution in [0.2, 0.25) is 0 Å². The number of ether oxygens (including phenoxy) is 1. The number of alkyl carbamates (subject to hydrolysis) is 1. The van der Waals surface area contributed by atoms with E-state index in [0.29, 0.717) is 40.8 Å². The van der Waals surface area contributed by atoms with Crippen LogP contribution in [0.15, 0.2) is 42.0 Å². The smallest absolute Gasteiger partial charge is 0.407 e. The third kappa shape index (κ3) is 9.35. The molecule has 2 aromatic carbocycles. The van der Waals surface area contributed by atoms with Gasteiger partial charge in [0.15, 0.2) is 0 Å². The Morgan fingerprint density at radius 3 is 2.25 bits per heavy atom. The van der Waals surface area contributed by atoms with E-state index in [1.807, 2.05) is 18.2 Å². The van der Waals surface area contributed by atoms with Crippen molar-refractivity contribution in [2.75, 3.05) is 31.5 Å². The van der Waals surface area contributed by atoms with Crippen LogP contribution in [0.3, 0.4) is 0 Å². The summed E-state index contributed by atoms with van der Waals surface area (Å²) >= 11 is 0. The van der Waals surface area contributed by atoms with Crippen LogP contribution >= 0.6 is 0 Å². The molecule has 1 unspecified atom stereocenters. The molecule has 5 amide bonds. The van der Waals surface area contributed by atoms with E-state index in [1.165, 1.54) is 74.7 Å². The lowest BCUT2D eigenvalue weighted by Crippen LogP contribution is -2.59. The molecule has 1 aliphatic heterocycles. The van der Waals surface area contributed by atoms with Crippen molar-refractivity contribution in [1.29, 1.82) is 0 Å². The van der Waals surface area contributed by atoms with E-state index in [9.17, 15) is 24.0 Å². The highest BCUT2D eigenvalue weighted by Gasteiger charge is 2.59. The summed E-state index contributed by atoms with van der Waals surface area (Å²) in [6.45, 7) is 13.1. The van der Waals surface area contributed by atoms with Crippen LogP contribution in [0.5, 0.6) is 0 Å². The fourth-order valence-corrected chi connectivity index (χ4v) is 17.1. The van der Waals surface area contributed by atoms with E-state index in [-0.39, 0.29) is 54.9 Å². The van der Waals surface area contributed by atoms with Gasteiger partial charge in [-0.1, -0.05) is 77.7 Å². The van der Waals surface area contributed by atoms with Crippen molar-refractivity contribution >= 4 is 46.2 Å². The first kappa shape index (κ1) is 48.2. The Labute approximate surface area is 411 Å². The van der Waals surface area contributed by atoms with Gasteiger partial charge in [-0.2, -0.15) is 0 Å². The number of benzene rings is 2. The lowest BCUT2D eigenvalue weighted by atomic mass is 9.47. The number of hydrogen-bond acceptors (Lipinski definition) is 7. The molecule has 8 atom stereocenters. The second kappa shape index (κ2) is 19.3. The van der Waals surface area contributed by atoms with Gasteiger partial charge >= 0.3 is 6.09 Å². The predicted octanol–water partition coefficient (Wildman–Crippen LogP) is 11.0. The monoisotopic (exact) mass is 944 g/mol. The van der Waals surface area contributed by atoms with Crippen LogP contribution in [-0.2, 0) is 14.3 Å². The van der Waals surface area contributed by atoms with Crippen molar-refractivity contribution in [3.63, 3.8) is 0 Å². The van der Waals surface area contributed by atoms with Crippen LogP contribution in [0.4, 0.5) is 10.5 Å². The standard InChI is InChI=1S/C58H81N5O6/c1-35(2)8-6-9-36(3)46-15-16-47-42-13-12-40-31-41(18-22-56(40,4)48(42)19-23-57(46,47)5)69-55(68)61-25-20-50(64)60-26-27-63-53(66)44-11-7-10-43-49(17-14-45(52(43)44)54(63)67)59-24-21-51(65)62-58-32-37-28-38(33-58)30-39(29-37)34-58/h7,10-12,14,17,35-39,41-42,46-48,59H,6,8-9,13,15-16,18-34H2,1-5H3,(H,60,64)(H,61,68)(H,62,65)/t36-,37?,38?,39?,41?,42+,46-,47+,48+,56+,57-,58?/m1/s1. The molecule has 7 saturated carbocycles. The normalized spacial score (nSPS) is 34.4. The Bertz CT molecular complexity index is 2300. The van der Waals surface area contributed by atoms with Crippen LogP contribution < -0.4 is 21.3 Å². The van der Waals surface area contributed by atoms with Crippen molar-refractivity contribution in [3.05, 3.63) is 53.1 Å². The maximum absolute atomic E-state index is 13.8. The van der Waals surface area contributed by atoms with E-state index in [4.69, 9.17) is 4.74 Å². The average molecular weight is 944 g/mol. The maximum Gasteiger partial charge on any atom is 0.407 e. The van der Waals surface area contributed by atoms with Crippen LogP contribution in [0.25, 0.3) is 10.8 Å². The van der Waals surface area contributed by atoms with Gasteiger partial charge in [-0.15, -0.1) is 0 Å². The molecule has 0 saturated heterocycles. The molecule has 9 aliphatic rings. The molecule has 4 bridgehead atoms. The zero-order valence-corrected chi connectivity index (χ0v) is 42.4. The SMILES string of the molecule is CC(C)CCC[C@@H](C)[C@H]1CC[C@H]2[C@@H]3CC=C4CC(OC(=O)NCCC(=O)NCCN5C(=O)c6cccc7c(NCCC(=O)NC89CC%10CC(CC(C%10)C8)C9)ccc(c67)C5=O)CC[C@]4(C)[C@H]3CC[C@]12C. The van der Waals surface area contributed by atoms with Crippen molar-refractivity contribution < 1.29 is 28.7 Å². The van der Waals surface area contributed by atoms with E-state index < -0.39 is 17.9 Å². The Balaban J connectivity index is 0.649. The molecule has 2 aromatic rings. The number of nitrogens with one attached hydrogen (secondary N) is 4. The molecule has 1 heterocycles. The molecular weight excluding hydrogens is 863 g/mol. The zero-order valence-electron chi connectivity index (χ0n) is 42.4. The molecule has 4 N–H and O–H groups in total. The number of rotatable bonds is 17. The summed E-state index contributed by atoms with van der Waals surface area (Å²) in [6.07, 6.45) is 23.0. The number of amides is 5. The summed E-state index contributed by atoms with van der Waals surface area (Å²) in [5.41, 5.74) is 3.75. The van der Waals surface area contributed by atoms with Gasteiger partial charge in [0.25, 0.3) is 11.8 Å². The highest BCUT2D eigenvalue weighted by atomic mass is 16.6. The third-order valence-electron chi connectivity index (χ3n) is 19.9. The van der Waals surface area contributed by atoms with E-state index >= 15 is 0 Å². The maximum atomic E-state index is 13.8. The molecule has 11 heteroatoms. The highest BCUT2D eigenvalue weighted by molar-refractivity contribution is 6.26. The zero-order chi connectivity index (χ0) is 48.2. The highest BCUT2D eigenvalue weighted by Crippen LogP contribution is 2.67. The lowest BCUT2D eigenvalue weighted by Gasteiger charge is -2.58. The Morgan fingerprint density at radius 2 is 1.51 bits per heavy atom. The van der Waals surface area contributed by atoms with Gasteiger partial charge in [0.2, 0.25) is 11.8 Å². The Morgan fingerprint density at radius 1 is 0.783 bits per heavy atom. The molecule has 0 radical (unpaired) electrons. The Hall–Kier alpha value is -4.41. The van der Waals surface area contributed by atoms with Crippen LogP contribution in [-0.4, -0.2) is 72.4 Å². The second-order valence-electron chi connectivity index (χ2n) is 24.7. The third-order valence-corrected chi connectivity index (χ3v) is 19.9. The van der Waals surface area contributed by atoms with Gasteiger partial charge in [0.05, 0.1) is 0 Å². The summed E-state index contributed by atoms with van der Waals surface area (Å²) < 4.78 is 5.97. The van der Waals surface area contributed by atoms with Crippen LogP contribution in [0.1, 0.15) is 177 Å². The summed E-state index contributed by atoms with van der Waals surface area (Å²) in [4.78, 5) is 67.8. The first-order valence-electron chi connectivity index (χ1n) is 27.5. The van der Waals surface area contributed by atoms with Crippen molar-refractivity contribution in [3.8, 4) is 0 Å². The minimum absolute atomic E-state index is 0.0177. The number of carbonyl (C=O) groups excluding carboxylic acids is 5. The van der Waals surface area contributed by atoms with E-state index in [2.05, 4.69) is 62.0 Å². The summed E-state index contributed by atoms with van der Waals surface area (Å²) in [7, 11) is 0. The number of nitrogens with zero attached hydrogens (tertiary/aromatic N) is 1. The minimum atomic E-state index is -0.493. The predicted molar refractivity (Wildman–Crippen MR) is 270 cm³/mol. The van der Waals surface area contributed by atoms with Crippen LogP contribution in [0, 0.1) is 64.1 Å². The van der Waals surface area contributed by atoms with Crippen molar-refractivity contribution in [1.82, 2.24) is 20.9 Å². The van der Waals surface area contributed by atoms with E-state index in [1.54, 1.807) is 12.1 Å². The quantitative estimate of drug-likeness (QED) is 0.0912. The van der Waals surface area contributed by atoms with Gasteiger partial charge in [-0.25, -0.2) is 4.79 Å². The first-order valence-corrected chi connectivity index (χ1v) is 27.5. The fraction of sp³-hybridized carbons (Fsp3) is 0.707. The first-order chi connectivity index (χ1) is 33.1. The molecule has 7 fully saturated rings. The number of fused-ring (bicyclic) bond motifs is 5. The molecule has 69 heavy (non-hydrogen) atoms. The lowest BCUT2D eigenvalue weighted by molar-refractivity contribution is -0.126. The van der Waals surface area contributed by atoms with Gasteiger partial charge in [-0.3, -0.25) is 24.1 Å². The number of allylic oxidation sites excluding steroid dienone is 1. The molecule has 374 valence electrons. The largest absolute Gasteiger partial charge is 0.446 e. The average Bonchev–Trinajstić information content (AvgIpc) is 3.66. The van der Waals surface area contributed by atoms with E-state index in [0.717, 1.165) is 103 Å². The number of hydrogen-bond donors (Lipinski definition) is 4. The second-order valence-corrected chi connectivity index (χ2v) is 24.7. The summed E-state index contributed by atoms with van der Waals surface area (Å²) in [5.74, 6) is 5.99. The van der Waals surface area contributed by atoms with Crippen molar-refractivity contribution in [2.24, 2.45) is 64.1 Å². The number of anilines is 1.